The van der Waals surface area contributed by atoms with Gasteiger partial charge in [-0.05, 0) is 142 Å². The van der Waals surface area contributed by atoms with Crippen molar-refractivity contribution in [2.75, 3.05) is 0 Å². The molecule has 1 aliphatic carbocycles. The smallest absolute Gasteiger partial charge is 0.128 e. The first-order valence-electron chi connectivity index (χ1n) is 21.2. The van der Waals surface area contributed by atoms with E-state index in [1.54, 1.807) is 0 Å². The van der Waals surface area contributed by atoms with E-state index in [0.29, 0.717) is 0 Å². The molecule has 1 aliphatic heterocycles. The fourth-order valence-corrected chi connectivity index (χ4v) is 9.87. The summed E-state index contributed by atoms with van der Waals surface area (Å²) in [6.07, 6.45) is 8.72. The summed E-state index contributed by atoms with van der Waals surface area (Å²) < 4.78 is 6.34. The van der Waals surface area contributed by atoms with Crippen molar-refractivity contribution in [1.29, 1.82) is 0 Å². The van der Waals surface area contributed by atoms with Crippen LogP contribution in [0.1, 0.15) is 11.5 Å². The minimum absolute atomic E-state index is 0.0603. The molecule has 0 saturated heterocycles. The fourth-order valence-electron chi connectivity index (χ4n) is 9.87. The highest BCUT2D eigenvalue weighted by Gasteiger charge is 2.32. The van der Waals surface area contributed by atoms with Gasteiger partial charge in [0.15, 0.2) is 0 Å². The standard InChI is InChI=1S/C60H40O/c1-3-14-39(15-4-1)43-29-32-53-55(37-43)59(47-22-11-20-42(34-47)45-30-33-58-54(36-45)51-25-9-10-27-57(51)61-58)52-31-28-44(40-16-5-2-6-17-40)38-56(52)60(53)48-23-12-21-46(35-48)50-26-13-19-41-18-7-8-24-49(41)50/h1-38,51,57H. The van der Waals surface area contributed by atoms with Crippen molar-refractivity contribution in [2.24, 2.45) is 0 Å². The molecule has 0 N–H and O–H groups in total. The summed E-state index contributed by atoms with van der Waals surface area (Å²) in [5, 5.41) is 7.42. The summed E-state index contributed by atoms with van der Waals surface area (Å²) in [5.74, 6) is 1.21. The number of rotatable bonds is 6. The lowest BCUT2D eigenvalue weighted by Gasteiger charge is -2.20. The molecular formula is C60H40O. The molecule has 1 heterocycles. The largest absolute Gasteiger partial charge is 0.485 e. The average Bonchev–Trinajstić information content (AvgIpc) is 3.71. The second-order valence-electron chi connectivity index (χ2n) is 16.3. The zero-order valence-electron chi connectivity index (χ0n) is 33.5. The van der Waals surface area contributed by atoms with Crippen molar-refractivity contribution in [1.82, 2.24) is 0 Å². The number of ether oxygens (including phenoxy) is 1. The Hall–Kier alpha value is -7.74. The third-order valence-corrected chi connectivity index (χ3v) is 12.8. The Kier molecular flexibility index (Phi) is 8.38. The number of hydrogen-bond donors (Lipinski definition) is 0. The van der Waals surface area contributed by atoms with Gasteiger partial charge in [0.25, 0.3) is 0 Å². The molecule has 2 aliphatic rings. The molecule has 0 radical (unpaired) electrons. The lowest BCUT2D eigenvalue weighted by atomic mass is 9.83. The van der Waals surface area contributed by atoms with Gasteiger partial charge in [-0.1, -0.05) is 188 Å². The summed E-state index contributed by atoms with van der Waals surface area (Å²) in [6.45, 7) is 0. The van der Waals surface area contributed by atoms with Gasteiger partial charge in [-0.25, -0.2) is 0 Å². The zero-order chi connectivity index (χ0) is 40.3. The Morgan fingerprint density at radius 2 is 0.820 bits per heavy atom. The summed E-state index contributed by atoms with van der Waals surface area (Å²) >= 11 is 0. The van der Waals surface area contributed by atoms with Gasteiger partial charge in [0.1, 0.15) is 11.9 Å². The van der Waals surface area contributed by atoms with E-state index < -0.39 is 0 Å². The van der Waals surface area contributed by atoms with Gasteiger partial charge in [0, 0.05) is 11.5 Å². The molecule has 12 rings (SSSR count). The summed E-state index contributed by atoms with van der Waals surface area (Å²) in [4.78, 5) is 0. The quantitative estimate of drug-likeness (QED) is 0.153. The minimum Gasteiger partial charge on any atom is -0.485 e. The van der Waals surface area contributed by atoms with Gasteiger partial charge >= 0.3 is 0 Å². The topological polar surface area (TPSA) is 9.23 Å². The molecule has 0 saturated carbocycles. The van der Waals surface area contributed by atoms with Gasteiger partial charge in [-0.15, -0.1) is 0 Å². The molecule has 61 heavy (non-hydrogen) atoms. The van der Waals surface area contributed by atoms with E-state index in [1.165, 1.54) is 105 Å². The average molecular weight is 777 g/mol. The molecular weight excluding hydrogens is 737 g/mol. The normalized spacial score (nSPS) is 15.2. The van der Waals surface area contributed by atoms with Crippen LogP contribution in [0.4, 0.5) is 0 Å². The number of hydrogen-bond acceptors (Lipinski definition) is 1. The Balaban J connectivity index is 1.12. The third kappa shape index (κ3) is 6.09. The van der Waals surface area contributed by atoms with Gasteiger partial charge < -0.3 is 4.74 Å². The first kappa shape index (κ1) is 35.2. The van der Waals surface area contributed by atoms with Crippen molar-refractivity contribution in [3.8, 4) is 72.5 Å². The molecule has 1 heteroatoms. The van der Waals surface area contributed by atoms with Crippen LogP contribution < -0.4 is 4.74 Å². The SMILES string of the molecule is C1=CC2Oc3ccc(-c4cccc(-c5c6ccc(-c7ccccc7)cc6c(-c6cccc(-c7cccc8ccccc78)c6)c6ccc(-c7ccccc7)cc56)c4)cc3C2C=C1. The van der Waals surface area contributed by atoms with Crippen LogP contribution in [0.5, 0.6) is 5.75 Å². The van der Waals surface area contributed by atoms with Crippen LogP contribution in [-0.2, 0) is 0 Å². The van der Waals surface area contributed by atoms with Crippen molar-refractivity contribution in [2.45, 2.75) is 12.0 Å². The van der Waals surface area contributed by atoms with E-state index in [4.69, 9.17) is 4.74 Å². The zero-order valence-corrected chi connectivity index (χ0v) is 33.5. The summed E-state index contributed by atoms with van der Waals surface area (Å²) in [5.41, 5.74) is 15.8. The first-order valence-corrected chi connectivity index (χ1v) is 21.2. The van der Waals surface area contributed by atoms with Gasteiger partial charge in [0.2, 0.25) is 0 Å². The monoisotopic (exact) mass is 776 g/mol. The molecule has 2 unspecified atom stereocenters. The molecule has 1 nitrogen and oxygen atoms in total. The van der Waals surface area contributed by atoms with Crippen molar-refractivity contribution in [3.63, 3.8) is 0 Å². The molecule has 0 spiro atoms. The number of fused-ring (bicyclic) bond motifs is 6. The van der Waals surface area contributed by atoms with Crippen LogP contribution in [0.3, 0.4) is 0 Å². The Morgan fingerprint density at radius 3 is 1.52 bits per heavy atom. The van der Waals surface area contributed by atoms with Gasteiger partial charge in [-0.2, -0.15) is 0 Å². The molecule has 2 atom stereocenters. The molecule has 10 aromatic rings. The lowest BCUT2D eigenvalue weighted by Crippen LogP contribution is -2.15. The Labute approximate surface area is 356 Å². The summed E-state index contributed by atoms with van der Waals surface area (Å²) in [6, 6.07) is 76.1. The maximum Gasteiger partial charge on any atom is 0.128 e. The second-order valence-corrected chi connectivity index (χ2v) is 16.3. The van der Waals surface area contributed by atoms with E-state index in [-0.39, 0.29) is 12.0 Å². The van der Waals surface area contributed by atoms with Crippen LogP contribution >= 0.6 is 0 Å². The van der Waals surface area contributed by atoms with Gasteiger partial charge in [0.05, 0.1) is 0 Å². The highest BCUT2D eigenvalue weighted by molar-refractivity contribution is 6.23. The van der Waals surface area contributed by atoms with E-state index in [9.17, 15) is 0 Å². The van der Waals surface area contributed by atoms with Crippen molar-refractivity contribution < 1.29 is 4.74 Å². The molecule has 0 amide bonds. The fraction of sp³-hybridized carbons (Fsp3) is 0.0333. The second kappa shape index (κ2) is 14.5. The molecule has 0 fully saturated rings. The van der Waals surface area contributed by atoms with Crippen LogP contribution in [0.25, 0.3) is 99.1 Å². The van der Waals surface area contributed by atoms with Crippen molar-refractivity contribution in [3.05, 3.63) is 236 Å². The first-order chi connectivity index (χ1) is 30.2. The molecule has 10 aromatic carbocycles. The number of allylic oxidation sites excluding steroid dienone is 2. The third-order valence-electron chi connectivity index (χ3n) is 12.8. The molecule has 286 valence electrons. The highest BCUT2D eigenvalue weighted by atomic mass is 16.5. The maximum atomic E-state index is 6.34. The summed E-state index contributed by atoms with van der Waals surface area (Å²) in [7, 11) is 0. The van der Waals surface area contributed by atoms with Crippen LogP contribution in [0.2, 0.25) is 0 Å². The Morgan fingerprint density at radius 1 is 0.311 bits per heavy atom. The highest BCUT2D eigenvalue weighted by Crippen LogP contribution is 2.48. The predicted molar refractivity (Wildman–Crippen MR) is 257 cm³/mol. The van der Waals surface area contributed by atoms with E-state index in [0.717, 1.165) is 5.75 Å². The Bertz CT molecular complexity index is 3390. The lowest BCUT2D eigenvalue weighted by molar-refractivity contribution is 0.269. The van der Waals surface area contributed by atoms with E-state index >= 15 is 0 Å². The minimum atomic E-state index is 0.0603. The maximum absolute atomic E-state index is 6.34. The van der Waals surface area contributed by atoms with Crippen molar-refractivity contribution >= 4 is 32.3 Å². The molecule has 0 bridgehead atoms. The van der Waals surface area contributed by atoms with Crippen LogP contribution in [0, 0.1) is 0 Å². The predicted octanol–water partition coefficient (Wildman–Crippen LogP) is 16.1. The number of benzene rings is 10. The van der Waals surface area contributed by atoms with Gasteiger partial charge in [-0.3, -0.25) is 0 Å². The van der Waals surface area contributed by atoms with E-state index in [1.807, 2.05) is 0 Å². The van der Waals surface area contributed by atoms with Crippen LogP contribution in [-0.4, -0.2) is 6.10 Å². The van der Waals surface area contributed by atoms with Crippen LogP contribution in [0.15, 0.2) is 231 Å². The van der Waals surface area contributed by atoms with E-state index in [2.05, 4.69) is 231 Å². The molecule has 0 aromatic heterocycles.